The van der Waals surface area contributed by atoms with Gasteiger partial charge in [0.1, 0.15) is 5.75 Å². The normalized spacial score (nSPS) is 10.8. The summed E-state index contributed by atoms with van der Waals surface area (Å²) in [6.07, 6.45) is 3.24. The number of pyridine rings is 2. The van der Waals surface area contributed by atoms with Crippen LogP contribution >= 0.6 is 0 Å². The summed E-state index contributed by atoms with van der Waals surface area (Å²) in [7, 11) is 0. The molecule has 0 aromatic carbocycles. The van der Waals surface area contributed by atoms with Crippen LogP contribution in [0.1, 0.15) is 28.2 Å². The first-order valence-electron chi connectivity index (χ1n) is 8.28. The van der Waals surface area contributed by atoms with Gasteiger partial charge >= 0.3 is 0 Å². The first kappa shape index (κ1) is 17.8. The zero-order chi connectivity index (χ0) is 18.7. The Balaban J connectivity index is 1.85. The third-order valence-corrected chi connectivity index (χ3v) is 4.18. The molecule has 7 heteroatoms. The zero-order valence-electron chi connectivity index (χ0n) is 15.0. The van der Waals surface area contributed by atoms with Gasteiger partial charge in [0.25, 0.3) is 0 Å². The van der Waals surface area contributed by atoms with Crippen LogP contribution in [0.25, 0.3) is 11.3 Å². The average molecular weight is 351 g/mol. The average Bonchev–Trinajstić information content (AvgIpc) is 2.63. The van der Waals surface area contributed by atoms with Gasteiger partial charge in [-0.2, -0.15) is 0 Å². The maximum absolute atomic E-state index is 10.2. The number of aromatic nitrogens is 4. The van der Waals surface area contributed by atoms with E-state index in [0.29, 0.717) is 22.8 Å². The summed E-state index contributed by atoms with van der Waals surface area (Å²) >= 11 is 0. The Morgan fingerprint density at radius 1 is 1.00 bits per heavy atom. The number of nitrogens with zero attached hydrogens (tertiary/aromatic N) is 4. The lowest BCUT2D eigenvalue weighted by Gasteiger charge is -2.13. The SMILES string of the molecule is Cc1ccc(-c2ccnc(NCc3c(CO)cnc(C)c3O)n2)c(C)n1. The Bertz CT molecular complexity index is 943. The second kappa shape index (κ2) is 7.45. The number of aliphatic hydroxyl groups excluding tert-OH is 1. The van der Waals surface area contributed by atoms with E-state index in [1.165, 1.54) is 0 Å². The number of anilines is 1. The second-order valence-electron chi connectivity index (χ2n) is 6.06. The summed E-state index contributed by atoms with van der Waals surface area (Å²) in [5.41, 5.74) is 5.23. The summed E-state index contributed by atoms with van der Waals surface area (Å²) in [6.45, 7) is 5.69. The van der Waals surface area contributed by atoms with Crippen molar-refractivity contribution in [2.45, 2.75) is 33.9 Å². The van der Waals surface area contributed by atoms with Crippen LogP contribution in [0.2, 0.25) is 0 Å². The van der Waals surface area contributed by atoms with Crippen molar-refractivity contribution in [3.05, 3.63) is 58.8 Å². The van der Waals surface area contributed by atoms with Crippen molar-refractivity contribution in [2.24, 2.45) is 0 Å². The Labute approximate surface area is 151 Å². The van der Waals surface area contributed by atoms with Crippen LogP contribution in [-0.2, 0) is 13.2 Å². The third-order valence-electron chi connectivity index (χ3n) is 4.18. The Morgan fingerprint density at radius 2 is 1.81 bits per heavy atom. The molecule has 0 amide bonds. The fraction of sp³-hybridized carbons (Fsp3) is 0.263. The predicted molar refractivity (Wildman–Crippen MR) is 98.6 cm³/mol. The van der Waals surface area contributed by atoms with Crippen LogP contribution in [-0.4, -0.2) is 30.1 Å². The van der Waals surface area contributed by atoms with Gasteiger partial charge in [-0.05, 0) is 39.0 Å². The van der Waals surface area contributed by atoms with Crippen LogP contribution in [0, 0.1) is 20.8 Å². The molecule has 0 fully saturated rings. The smallest absolute Gasteiger partial charge is 0.223 e. The summed E-state index contributed by atoms with van der Waals surface area (Å²) in [5, 5.41) is 22.8. The number of hydrogen-bond donors (Lipinski definition) is 3. The minimum absolute atomic E-state index is 0.0683. The third kappa shape index (κ3) is 3.62. The predicted octanol–water partition coefficient (Wildman–Crippen LogP) is 2.67. The van der Waals surface area contributed by atoms with Crippen LogP contribution in [0.3, 0.4) is 0 Å². The molecule has 0 saturated heterocycles. The molecular formula is C19H21N5O2. The van der Waals surface area contributed by atoms with E-state index >= 15 is 0 Å². The summed E-state index contributed by atoms with van der Waals surface area (Å²) < 4.78 is 0. The topological polar surface area (TPSA) is 104 Å². The van der Waals surface area contributed by atoms with Gasteiger partial charge in [0, 0.05) is 47.0 Å². The molecule has 7 nitrogen and oxygen atoms in total. The maximum atomic E-state index is 10.2. The molecule has 3 aromatic rings. The standard InChI is InChI=1S/C19H21N5O2/c1-11-4-5-15(12(2)23-11)17-6-7-20-19(24-17)22-9-16-14(10-25)8-21-13(3)18(16)26/h4-8,25-26H,9-10H2,1-3H3,(H,20,22,24). The molecule has 3 rings (SSSR count). The lowest BCUT2D eigenvalue weighted by atomic mass is 10.1. The molecule has 0 aliphatic rings. The molecule has 134 valence electrons. The molecule has 0 radical (unpaired) electrons. The molecule has 0 unspecified atom stereocenters. The van der Waals surface area contributed by atoms with Crippen LogP contribution in [0.4, 0.5) is 5.95 Å². The molecule has 3 N–H and O–H groups in total. The van der Waals surface area contributed by atoms with Crippen LogP contribution in [0.15, 0.2) is 30.6 Å². The molecule has 26 heavy (non-hydrogen) atoms. The van der Waals surface area contributed by atoms with E-state index in [9.17, 15) is 10.2 Å². The van der Waals surface area contributed by atoms with E-state index < -0.39 is 0 Å². The van der Waals surface area contributed by atoms with E-state index in [2.05, 4.69) is 25.3 Å². The van der Waals surface area contributed by atoms with Gasteiger partial charge in [-0.3, -0.25) is 9.97 Å². The first-order valence-corrected chi connectivity index (χ1v) is 8.28. The molecule has 0 aliphatic carbocycles. The quantitative estimate of drug-likeness (QED) is 0.649. The number of aliphatic hydroxyl groups is 1. The van der Waals surface area contributed by atoms with Crippen LogP contribution in [0.5, 0.6) is 5.75 Å². The Morgan fingerprint density at radius 3 is 2.54 bits per heavy atom. The van der Waals surface area contributed by atoms with Crippen molar-refractivity contribution in [1.29, 1.82) is 0 Å². The molecular weight excluding hydrogens is 330 g/mol. The number of hydrogen-bond acceptors (Lipinski definition) is 7. The van der Waals surface area contributed by atoms with Gasteiger partial charge < -0.3 is 15.5 Å². The van der Waals surface area contributed by atoms with Gasteiger partial charge in [-0.15, -0.1) is 0 Å². The summed E-state index contributed by atoms with van der Waals surface area (Å²) in [6, 6.07) is 5.77. The van der Waals surface area contributed by atoms with Crippen LogP contribution < -0.4 is 5.32 Å². The largest absolute Gasteiger partial charge is 0.506 e. The monoisotopic (exact) mass is 351 g/mol. The van der Waals surface area contributed by atoms with E-state index in [0.717, 1.165) is 22.6 Å². The minimum atomic E-state index is -0.201. The highest BCUT2D eigenvalue weighted by atomic mass is 16.3. The molecule has 3 heterocycles. The minimum Gasteiger partial charge on any atom is -0.506 e. The van der Waals surface area contributed by atoms with Crippen molar-refractivity contribution in [3.63, 3.8) is 0 Å². The van der Waals surface area contributed by atoms with Crippen molar-refractivity contribution in [1.82, 2.24) is 19.9 Å². The lowest BCUT2D eigenvalue weighted by Crippen LogP contribution is -2.08. The number of rotatable bonds is 5. The van der Waals surface area contributed by atoms with Crippen molar-refractivity contribution < 1.29 is 10.2 Å². The first-order chi connectivity index (χ1) is 12.5. The van der Waals surface area contributed by atoms with Gasteiger partial charge in [0.15, 0.2) is 0 Å². The van der Waals surface area contributed by atoms with Gasteiger partial charge in [-0.1, -0.05) is 0 Å². The number of aryl methyl sites for hydroxylation is 3. The Hall–Kier alpha value is -3.06. The molecule has 0 atom stereocenters. The van der Waals surface area contributed by atoms with E-state index in [1.54, 1.807) is 19.3 Å². The van der Waals surface area contributed by atoms with E-state index in [-0.39, 0.29) is 18.9 Å². The zero-order valence-corrected chi connectivity index (χ0v) is 15.0. The lowest BCUT2D eigenvalue weighted by molar-refractivity contribution is 0.279. The molecule has 0 spiro atoms. The van der Waals surface area contributed by atoms with E-state index in [1.807, 2.05) is 32.0 Å². The molecule has 0 aliphatic heterocycles. The summed E-state index contributed by atoms with van der Waals surface area (Å²) in [5.74, 6) is 0.499. The molecule has 0 saturated carbocycles. The van der Waals surface area contributed by atoms with Gasteiger partial charge in [-0.25, -0.2) is 9.97 Å². The van der Waals surface area contributed by atoms with E-state index in [4.69, 9.17) is 0 Å². The maximum Gasteiger partial charge on any atom is 0.223 e. The highest BCUT2D eigenvalue weighted by Gasteiger charge is 2.12. The molecule has 0 bridgehead atoms. The van der Waals surface area contributed by atoms with Crippen molar-refractivity contribution in [3.8, 4) is 17.0 Å². The second-order valence-corrected chi connectivity index (χ2v) is 6.06. The summed E-state index contributed by atoms with van der Waals surface area (Å²) in [4.78, 5) is 17.3. The number of aromatic hydroxyl groups is 1. The molecule has 3 aromatic heterocycles. The van der Waals surface area contributed by atoms with Gasteiger partial charge in [0.2, 0.25) is 5.95 Å². The Kier molecular flexibility index (Phi) is 5.09. The van der Waals surface area contributed by atoms with Crippen molar-refractivity contribution >= 4 is 5.95 Å². The number of nitrogens with one attached hydrogen (secondary N) is 1. The van der Waals surface area contributed by atoms with Crippen molar-refractivity contribution in [2.75, 3.05) is 5.32 Å². The fourth-order valence-corrected chi connectivity index (χ4v) is 2.74. The fourth-order valence-electron chi connectivity index (χ4n) is 2.74. The van der Waals surface area contributed by atoms with Gasteiger partial charge in [0.05, 0.1) is 18.0 Å². The highest BCUT2D eigenvalue weighted by Crippen LogP contribution is 2.25. The highest BCUT2D eigenvalue weighted by molar-refractivity contribution is 5.62.